The van der Waals surface area contributed by atoms with Crippen molar-refractivity contribution in [2.75, 3.05) is 0 Å². The average Bonchev–Trinajstić information content (AvgIpc) is 2.02. The lowest BCUT2D eigenvalue weighted by Gasteiger charge is -1.97. The second kappa shape index (κ2) is 3.18. The van der Waals surface area contributed by atoms with Crippen LogP contribution in [0.15, 0.2) is 18.2 Å². The number of hydrogen-bond acceptors (Lipinski definition) is 3. The van der Waals surface area contributed by atoms with Gasteiger partial charge in [0.2, 0.25) is 0 Å². The Morgan fingerprint density at radius 3 is 2.54 bits per heavy atom. The summed E-state index contributed by atoms with van der Waals surface area (Å²) < 4.78 is 12.8. The minimum absolute atomic E-state index is 0.743. The third-order valence-corrected chi connectivity index (χ3v) is 1.40. The molecule has 1 aromatic rings. The molecule has 0 aliphatic heterocycles. The Balaban J connectivity index is 3.43. The SMILES string of the molecule is O=C(O)c1c(F)cccc1[N+](=O)[O-]. The van der Waals surface area contributed by atoms with E-state index < -0.39 is 28.0 Å². The van der Waals surface area contributed by atoms with Gasteiger partial charge in [-0.1, -0.05) is 6.07 Å². The summed E-state index contributed by atoms with van der Waals surface area (Å²) in [6.45, 7) is 0. The first-order chi connectivity index (χ1) is 6.04. The molecule has 1 aromatic carbocycles. The fourth-order valence-corrected chi connectivity index (χ4v) is 0.877. The maximum atomic E-state index is 12.8. The number of carbonyl (C=O) groups is 1. The van der Waals surface area contributed by atoms with Crippen LogP contribution in [0.5, 0.6) is 0 Å². The fraction of sp³-hybridized carbons (Fsp3) is 0. The van der Waals surface area contributed by atoms with Gasteiger partial charge in [-0.05, 0) is 6.07 Å². The van der Waals surface area contributed by atoms with E-state index in [0.29, 0.717) is 0 Å². The van der Waals surface area contributed by atoms with E-state index in [0.717, 1.165) is 18.2 Å². The van der Waals surface area contributed by atoms with Crippen LogP contribution in [-0.2, 0) is 0 Å². The topological polar surface area (TPSA) is 80.4 Å². The number of nitro groups is 1. The number of hydrogen-bond donors (Lipinski definition) is 1. The Kier molecular flexibility index (Phi) is 2.23. The molecule has 0 saturated carbocycles. The molecular weight excluding hydrogens is 181 g/mol. The fourth-order valence-electron chi connectivity index (χ4n) is 0.877. The molecule has 0 radical (unpaired) electrons. The molecule has 0 unspecified atom stereocenters. The Hall–Kier alpha value is -1.98. The summed E-state index contributed by atoms with van der Waals surface area (Å²) in [5, 5.41) is 18.7. The van der Waals surface area contributed by atoms with Gasteiger partial charge < -0.3 is 5.11 Å². The van der Waals surface area contributed by atoms with Gasteiger partial charge in [0.05, 0.1) is 4.92 Å². The third-order valence-electron chi connectivity index (χ3n) is 1.40. The van der Waals surface area contributed by atoms with Crippen molar-refractivity contribution in [1.29, 1.82) is 0 Å². The monoisotopic (exact) mass is 185 g/mol. The van der Waals surface area contributed by atoms with E-state index in [-0.39, 0.29) is 0 Å². The predicted octanol–water partition coefficient (Wildman–Crippen LogP) is 1.43. The second-order valence-corrected chi connectivity index (χ2v) is 2.20. The summed E-state index contributed by atoms with van der Waals surface area (Å²) >= 11 is 0. The predicted molar refractivity (Wildman–Crippen MR) is 40.0 cm³/mol. The number of benzene rings is 1. The summed E-state index contributed by atoms with van der Waals surface area (Å²) in [4.78, 5) is 19.7. The van der Waals surface area contributed by atoms with Crippen molar-refractivity contribution in [2.45, 2.75) is 0 Å². The number of aromatic carboxylic acids is 1. The highest BCUT2D eigenvalue weighted by Gasteiger charge is 2.23. The van der Waals surface area contributed by atoms with Crippen molar-refractivity contribution in [3.63, 3.8) is 0 Å². The van der Waals surface area contributed by atoms with Gasteiger partial charge in [-0.25, -0.2) is 9.18 Å². The molecule has 1 rings (SSSR count). The van der Waals surface area contributed by atoms with Crippen LogP contribution in [-0.4, -0.2) is 16.0 Å². The number of carboxylic acid groups (broad SMARTS) is 1. The molecule has 68 valence electrons. The Labute approximate surface area is 71.6 Å². The molecule has 6 heteroatoms. The summed E-state index contributed by atoms with van der Waals surface area (Å²) in [7, 11) is 0. The first-order valence-electron chi connectivity index (χ1n) is 3.20. The van der Waals surface area contributed by atoms with Crippen molar-refractivity contribution in [3.8, 4) is 0 Å². The van der Waals surface area contributed by atoms with Crippen LogP contribution in [0.3, 0.4) is 0 Å². The maximum Gasteiger partial charge on any atom is 0.345 e. The van der Waals surface area contributed by atoms with Gasteiger partial charge in [0.25, 0.3) is 5.69 Å². The van der Waals surface area contributed by atoms with Crippen LogP contribution in [0.2, 0.25) is 0 Å². The largest absolute Gasteiger partial charge is 0.477 e. The van der Waals surface area contributed by atoms with Gasteiger partial charge in [0, 0.05) is 6.07 Å². The molecule has 0 atom stereocenters. The van der Waals surface area contributed by atoms with Crippen LogP contribution in [0.25, 0.3) is 0 Å². The Morgan fingerprint density at radius 1 is 1.54 bits per heavy atom. The van der Waals surface area contributed by atoms with Crippen LogP contribution in [0, 0.1) is 15.9 Å². The molecule has 0 amide bonds. The number of rotatable bonds is 2. The summed E-state index contributed by atoms with van der Waals surface area (Å²) in [6, 6.07) is 2.88. The van der Waals surface area contributed by atoms with E-state index in [1.54, 1.807) is 0 Å². The molecule has 0 aliphatic rings. The summed E-state index contributed by atoms with van der Waals surface area (Å²) in [5.74, 6) is -2.76. The standard InChI is InChI=1S/C7H4FNO4/c8-4-2-1-3-5(9(12)13)6(4)7(10)11/h1-3H,(H,10,11). The lowest BCUT2D eigenvalue weighted by atomic mass is 10.2. The zero-order chi connectivity index (χ0) is 10.0. The quantitative estimate of drug-likeness (QED) is 0.558. The smallest absolute Gasteiger partial charge is 0.345 e. The van der Waals surface area contributed by atoms with Crippen molar-refractivity contribution < 1.29 is 19.2 Å². The minimum Gasteiger partial charge on any atom is -0.477 e. The average molecular weight is 185 g/mol. The van der Waals surface area contributed by atoms with Gasteiger partial charge in [-0.2, -0.15) is 0 Å². The highest BCUT2D eigenvalue weighted by atomic mass is 19.1. The molecular formula is C7H4FNO4. The molecule has 0 aromatic heterocycles. The molecule has 5 nitrogen and oxygen atoms in total. The van der Waals surface area contributed by atoms with Gasteiger partial charge in [0.15, 0.2) is 5.56 Å². The molecule has 0 spiro atoms. The van der Waals surface area contributed by atoms with E-state index in [1.165, 1.54) is 0 Å². The zero-order valence-electron chi connectivity index (χ0n) is 6.23. The summed E-state index contributed by atoms with van der Waals surface area (Å²) in [5.41, 5.74) is -1.65. The van der Waals surface area contributed by atoms with E-state index >= 15 is 0 Å². The van der Waals surface area contributed by atoms with E-state index in [1.807, 2.05) is 0 Å². The number of carboxylic acids is 1. The lowest BCUT2D eigenvalue weighted by Crippen LogP contribution is -2.05. The number of nitro benzene ring substituents is 1. The first kappa shape index (κ1) is 9.11. The van der Waals surface area contributed by atoms with E-state index in [4.69, 9.17) is 5.11 Å². The van der Waals surface area contributed by atoms with Crippen LogP contribution in [0.1, 0.15) is 10.4 Å². The van der Waals surface area contributed by atoms with Crippen LogP contribution >= 0.6 is 0 Å². The van der Waals surface area contributed by atoms with Gasteiger partial charge in [-0.15, -0.1) is 0 Å². The van der Waals surface area contributed by atoms with Crippen molar-refractivity contribution in [2.24, 2.45) is 0 Å². The van der Waals surface area contributed by atoms with Crippen LogP contribution in [0.4, 0.5) is 10.1 Å². The molecule has 0 aliphatic carbocycles. The number of halogens is 1. The molecule has 0 fully saturated rings. The Bertz CT molecular complexity index is 377. The normalized spacial score (nSPS) is 9.62. The maximum absolute atomic E-state index is 12.8. The molecule has 0 heterocycles. The first-order valence-corrected chi connectivity index (χ1v) is 3.20. The lowest BCUT2D eigenvalue weighted by molar-refractivity contribution is -0.385. The van der Waals surface area contributed by atoms with E-state index in [2.05, 4.69) is 0 Å². The highest BCUT2D eigenvalue weighted by molar-refractivity contribution is 5.92. The zero-order valence-corrected chi connectivity index (χ0v) is 6.23. The third kappa shape index (κ3) is 1.61. The van der Waals surface area contributed by atoms with Crippen LogP contribution < -0.4 is 0 Å². The van der Waals surface area contributed by atoms with Gasteiger partial charge in [0.1, 0.15) is 5.82 Å². The van der Waals surface area contributed by atoms with Gasteiger partial charge in [-0.3, -0.25) is 10.1 Å². The van der Waals surface area contributed by atoms with E-state index in [9.17, 15) is 19.3 Å². The van der Waals surface area contributed by atoms with Crippen molar-refractivity contribution in [3.05, 3.63) is 39.7 Å². The molecule has 13 heavy (non-hydrogen) atoms. The highest BCUT2D eigenvalue weighted by Crippen LogP contribution is 2.20. The van der Waals surface area contributed by atoms with Crippen molar-refractivity contribution in [1.82, 2.24) is 0 Å². The van der Waals surface area contributed by atoms with Gasteiger partial charge >= 0.3 is 5.97 Å². The second-order valence-electron chi connectivity index (χ2n) is 2.20. The molecule has 1 N–H and O–H groups in total. The van der Waals surface area contributed by atoms with Crippen molar-refractivity contribution >= 4 is 11.7 Å². The Morgan fingerprint density at radius 2 is 2.15 bits per heavy atom. The summed E-state index contributed by atoms with van der Waals surface area (Å²) in [6.07, 6.45) is 0. The molecule has 0 bridgehead atoms. The minimum atomic E-state index is -1.65. The number of nitrogens with zero attached hydrogens (tertiary/aromatic N) is 1. The molecule has 0 saturated heterocycles.